The van der Waals surface area contributed by atoms with E-state index in [2.05, 4.69) is 37.4 Å². The lowest BCUT2D eigenvalue weighted by Gasteiger charge is -2.09. The van der Waals surface area contributed by atoms with Crippen LogP contribution in [0.2, 0.25) is 0 Å². The third-order valence-electron chi connectivity index (χ3n) is 1.24. The molecule has 0 atom stereocenters. The predicted octanol–water partition coefficient (Wildman–Crippen LogP) is 2.12. The van der Waals surface area contributed by atoms with Crippen LogP contribution >= 0.6 is 11.3 Å². The van der Waals surface area contributed by atoms with Gasteiger partial charge in [0.2, 0.25) is 0 Å². The van der Waals surface area contributed by atoms with Crippen molar-refractivity contribution in [3.8, 4) is 0 Å². The molecule has 1 rings (SSSR count). The molecule has 1 nitrogen and oxygen atoms in total. The highest BCUT2D eigenvalue weighted by atomic mass is 32.1. The normalized spacial score (nSPS) is 9.67. The van der Waals surface area contributed by atoms with Crippen LogP contribution in [0, 0.1) is 6.92 Å². The molecule has 0 fully saturated rings. The van der Waals surface area contributed by atoms with Crippen molar-refractivity contribution in [1.29, 1.82) is 0 Å². The first-order valence-electron chi connectivity index (χ1n) is 2.93. The number of anilines is 1. The van der Waals surface area contributed by atoms with Crippen LogP contribution in [0.1, 0.15) is 5.56 Å². The minimum atomic E-state index is 1.36. The summed E-state index contributed by atoms with van der Waals surface area (Å²) in [7, 11) is 4.14. The van der Waals surface area contributed by atoms with Crippen molar-refractivity contribution < 1.29 is 0 Å². The van der Waals surface area contributed by atoms with Crippen molar-refractivity contribution >= 4 is 16.3 Å². The van der Waals surface area contributed by atoms with E-state index < -0.39 is 0 Å². The van der Waals surface area contributed by atoms with Gasteiger partial charge in [-0.15, -0.1) is 11.3 Å². The van der Waals surface area contributed by atoms with Gasteiger partial charge in [-0.2, -0.15) is 0 Å². The van der Waals surface area contributed by atoms with E-state index in [-0.39, 0.29) is 0 Å². The van der Waals surface area contributed by atoms with Crippen molar-refractivity contribution in [2.45, 2.75) is 6.92 Å². The summed E-state index contributed by atoms with van der Waals surface area (Å²) in [5.74, 6) is 0. The summed E-state index contributed by atoms with van der Waals surface area (Å²) in [6, 6.07) is 2.14. The zero-order chi connectivity index (χ0) is 6.85. The molecule has 0 saturated carbocycles. The lowest BCUT2D eigenvalue weighted by atomic mass is 10.3. The molecule has 50 valence electrons. The van der Waals surface area contributed by atoms with Gasteiger partial charge in [0.05, 0.1) is 5.00 Å². The van der Waals surface area contributed by atoms with Crippen LogP contribution in [0.5, 0.6) is 0 Å². The maximum Gasteiger partial charge on any atom is 0.0933 e. The monoisotopic (exact) mass is 141 g/mol. The number of rotatable bonds is 1. The van der Waals surface area contributed by atoms with E-state index in [1.165, 1.54) is 10.6 Å². The van der Waals surface area contributed by atoms with Crippen molar-refractivity contribution in [3.05, 3.63) is 17.0 Å². The van der Waals surface area contributed by atoms with E-state index in [4.69, 9.17) is 0 Å². The van der Waals surface area contributed by atoms with Crippen LogP contribution in [0.4, 0.5) is 5.00 Å². The van der Waals surface area contributed by atoms with Gasteiger partial charge in [-0.3, -0.25) is 0 Å². The minimum absolute atomic E-state index is 1.36. The summed E-state index contributed by atoms with van der Waals surface area (Å²) in [5.41, 5.74) is 1.37. The quantitative estimate of drug-likeness (QED) is 0.579. The Morgan fingerprint density at radius 2 is 2.11 bits per heavy atom. The fourth-order valence-corrected chi connectivity index (χ4v) is 1.69. The zero-order valence-corrected chi connectivity index (χ0v) is 6.83. The summed E-state index contributed by atoms with van der Waals surface area (Å²) < 4.78 is 0. The van der Waals surface area contributed by atoms with E-state index in [9.17, 15) is 0 Å². The van der Waals surface area contributed by atoms with E-state index in [0.717, 1.165) is 0 Å². The van der Waals surface area contributed by atoms with E-state index in [1.54, 1.807) is 11.3 Å². The number of aryl methyl sites for hydroxylation is 1. The maximum atomic E-state index is 2.14. The van der Waals surface area contributed by atoms with Crippen LogP contribution in [0.15, 0.2) is 11.4 Å². The van der Waals surface area contributed by atoms with Crippen LogP contribution in [-0.4, -0.2) is 14.1 Å². The van der Waals surface area contributed by atoms with E-state index in [0.29, 0.717) is 0 Å². The molecule has 0 amide bonds. The molecule has 1 aromatic rings. The first-order valence-corrected chi connectivity index (χ1v) is 3.81. The number of hydrogen-bond acceptors (Lipinski definition) is 2. The Morgan fingerprint density at radius 3 is 2.33 bits per heavy atom. The molecule has 0 aliphatic heterocycles. The molecule has 2 heteroatoms. The van der Waals surface area contributed by atoms with Crippen molar-refractivity contribution in [3.63, 3.8) is 0 Å². The molecule has 0 aliphatic rings. The molecule has 0 aromatic carbocycles. The number of thiophene rings is 1. The second-order valence-corrected chi connectivity index (χ2v) is 3.20. The van der Waals surface area contributed by atoms with Gasteiger partial charge in [0.25, 0.3) is 0 Å². The zero-order valence-electron chi connectivity index (χ0n) is 6.01. The Hall–Kier alpha value is -0.500. The van der Waals surface area contributed by atoms with Gasteiger partial charge in [-0.1, -0.05) is 0 Å². The molecule has 1 heterocycles. The molecule has 0 N–H and O–H groups in total. The molecule has 0 bridgehead atoms. The lowest BCUT2D eigenvalue weighted by molar-refractivity contribution is 1.14. The Bertz CT molecular complexity index is 191. The standard InChI is InChI=1S/C7H11NS/c1-6-4-5-9-7(6)8(2)3/h4-5H,1-3H3. The topological polar surface area (TPSA) is 3.24 Å². The molecule has 0 radical (unpaired) electrons. The summed E-state index contributed by atoms with van der Waals surface area (Å²) >= 11 is 1.78. The van der Waals surface area contributed by atoms with Crippen molar-refractivity contribution in [2.24, 2.45) is 0 Å². The summed E-state index contributed by atoms with van der Waals surface area (Å²) in [5, 5.41) is 3.47. The smallest absolute Gasteiger partial charge is 0.0933 e. The van der Waals surface area contributed by atoms with Gasteiger partial charge in [0, 0.05) is 14.1 Å². The average molecular weight is 141 g/mol. The number of hydrogen-bond donors (Lipinski definition) is 0. The second kappa shape index (κ2) is 2.40. The first-order chi connectivity index (χ1) is 4.22. The summed E-state index contributed by atoms with van der Waals surface area (Å²) in [6.45, 7) is 2.13. The van der Waals surface area contributed by atoms with Gasteiger partial charge < -0.3 is 4.90 Å². The van der Waals surface area contributed by atoms with E-state index >= 15 is 0 Å². The average Bonchev–Trinajstić information content (AvgIpc) is 2.13. The molecule has 0 saturated heterocycles. The lowest BCUT2D eigenvalue weighted by Crippen LogP contribution is -2.07. The predicted molar refractivity (Wildman–Crippen MR) is 43.4 cm³/mol. The number of nitrogens with zero attached hydrogens (tertiary/aromatic N) is 1. The van der Waals surface area contributed by atoms with Gasteiger partial charge in [-0.25, -0.2) is 0 Å². The Labute approximate surface area is 59.9 Å². The third kappa shape index (κ3) is 1.24. The van der Waals surface area contributed by atoms with Crippen molar-refractivity contribution in [1.82, 2.24) is 0 Å². The molecule has 0 spiro atoms. The van der Waals surface area contributed by atoms with Crippen molar-refractivity contribution in [2.75, 3.05) is 19.0 Å². The largest absolute Gasteiger partial charge is 0.369 e. The molecule has 9 heavy (non-hydrogen) atoms. The Morgan fingerprint density at radius 1 is 1.44 bits per heavy atom. The van der Waals surface area contributed by atoms with Crippen LogP contribution in [-0.2, 0) is 0 Å². The van der Waals surface area contributed by atoms with Gasteiger partial charge >= 0.3 is 0 Å². The molecule has 0 aliphatic carbocycles. The summed E-state index contributed by atoms with van der Waals surface area (Å²) in [4.78, 5) is 2.14. The molecule has 1 aromatic heterocycles. The Balaban J connectivity index is 2.94. The second-order valence-electron chi connectivity index (χ2n) is 2.30. The SMILES string of the molecule is Cc1ccsc1N(C)C. The first kappa shape index (κ1) is 6.62. The maximum absolute atomic E-state index is 2.14. The highest BCUT2D eigenvalue weighted by molar-refractivity contribution is 7.14. The Kier molecular flexibility index (Phi) is 1.76. The van der Waals surface area contributed by atoms with Crippen LogP contribution in [0.3, 0.4) is 0 Å². The fraction of sp³-hybridized carbons (Fsp3) is 0.429. The van der Waals surface area contributed by atoms with E-state index in [1.807, 2.05) is 0 Å². The minimum Gasteiger partial charge on any atom is -0.369 e. The third-order valence-corrected chi connectivity index (χ3v) is 2.42. The fourth-order valence-electron chi connectivity index (χ4n) is 0.823. The molecular weight excluding hydrogens is 130 g/mol. The highest BCUT2D eigenvalue weighted by Gasteiger charge is 1.98. The van der Waals surface area contributed by atoms with Gasteiger partial charge in [0.15, 0.2) is 0 Å². The molecule has 0 unspecified atom stereocenters. The van der Waals surface area contributed by atoms with Gasteiger partial charge in [-0.05, 0) is 23.9 Å². The highest BCUT2D eigenvalue weighted by Crippen LogP contribution is 2.23. The summed E-state index contributed by atoms with van der Waals surface area (Å²) in [6.07, 6.45) is 0. The van der Waals surface area contributed by atoms with Crippen LogP contribution in [0.25, 0.3) is 0 Å². The van der Waals surface area contributed by atoms with Gasteiger partial charge in [0.1, 0.15) is 0 Å². The van der Waals surface area contributed by atoms with Crippen LogP contribution < -0.4 is 4.90 Å². The molecular formula is C7H11NS.